The Kier molecular flexibility index (Phi) is 3.65. The Morgan fingerprint density at radius 3 is 2.11 bits per heavy atom. The van der Waals surface area contributed by atoms with Crippen LogP contribution in [0.5, 0.6) is 0 Å². The lowest BCUT2D eigenvalue weighted by Gasteiger charge is -2.27. The van der Waals surface area contributed by atoms with Crippen LogP contribution >= 0.6 is 0 Å². The topological polar surface area (TPSA) is 20.2 Å². The fraction of sp³-hybridized carbons (Fsp3) is 0.333. The Balaban J connectivity index is 1.71. The monoisotopic (exact) mass is 252 g/mol. The molecule has 1 nitrogen and oxygen atoms in total. The first-order valence-corrected chi connectivity index (χ1v) is 7.16. The van der Waals surface area contributed by atoms with Crippen LogP contribution in [-0.2, 0) is 0 Å². The molecule has 1 saturated carbocycles. The number of aliphatic hydroxyl groups is 1. The minimum atomic E-state index is -0.296. The molecule has 0 heterocycles. The quantitative estimate of drug-likeness (QED) is 0.844. The SMILES string of the molecule is OC(CC1CCC1)c1ccc(-c2ccccc2)cc1. The van der Waals surface area contributed by atoms with Gasteiger partial charge in [0.25, 0.3) is 0 Å². The fourth-order valence-corrected chi connectivity index (χ4v) is 2.71. The van der Waals surface area contributed by atoms with Crippen LogP contribution in [0.1, 0.15) is 37.4 Å². The van der Waals surface area contributed by atoms with Gasteiger partial charge >= 0.3 is 0 Å². The summed E-state index contributed by atoms with van der Waals surface area (Å²) in [5, 5.41) is 10.2. The fourth-order valence-electron chi connectivity index (χ4n) is 2.71. The summed E-state index contributed by atoms with van der Waals surface area (Å²) in [6.45, 7) is 0. The van der Waals surface area contributed by atoms with Crippen molar-refractivity contribution in [3.63, 3.8) is 0 Å². The lowest BCUT2D eigenvalue weighted by Crippen LogP contribution is -2.14. The molecule has 1 aliphatic rings. The van der Waals surface area contributed by atoms with Crippen LogP contribution in [0.2, 0.25) is 0 Å². The molecule has 19 heavy (non-hydrogen) atoms. The summed E-state index contributed by atoms with van der Waals surface area (Å²) in [6, 6.07) is 18.7. The molecular formula is C18H20O. The molecule has 0 aliphatic heterocycles. The molecule has 1 N–H and O–H groups in total. The average molecular weight is 252 g/mol. The molecule has 0 bridgehead atoms. The van der Waals surface area contributed by atoms with E-state index in [2.05, 4.69) is 48.5 Å². The normalized spacial score (nSPS) is 16.9. The van der Waals surface area contributed by atoms with Crippen molar-refractivity contribution in [1.29, 1.82) is 0 Å². The van der Waals surface area contributed by atoms with Gasteiger partial charge in [-0.2, -0.15) is 0 Å². The molecule has 98 valence electrons. The molecular weight excluding hydrogens is 232 g/mol. The van der Waals surface area contributed by atoms with E-state index in [1.807, 2.05) is 6.07 Å². The predicted octanol–water partition coefficient (Wildman–Crippen LogP) is 4.58. The lowest BCUT2D eigenvalue weighted by atomic mass is 9.80. The van der Waals surface area contributed by atoms with Crippen molar-refractivity contribution in [2.45, 2.75) is 31.8 Å². The first kappa shape index (κ1) is 12.4. The van der Waals surface area contributed by atoms with E-state index in [1.54, 1.807) is 0 Å². The molecule has 1 atom stereocenters. The summed E-state index contributed by atoms with van der Waals surface area (Å²) < 4.78 is 0. The highest BCUT2D eigenvalue weighted by Gasteiger charge is 2.21. The van der Waals surface area contributed by atoms with Gasteiger partial charge < -0.3 is 5.11 Å². The number of rotatable bonds is 4. The van der Waals surface area contributed by atoms with Crippen molar-refractivity contribution in [2.75, 3.05) is 0 Å². The second-order valence-electron chi connectivity index (χ2n) is 5.54. The zero-order chi connectivity index (χ0) is 13.1. The van der Waals surface area contributed by atoms with Gasteiger partial charge in [-0.15, -0.1) is 0 Å². The van der Waals surface area contributed by atoms with Crippen molar-refractivity contribution >= 4 is 0 Å². The van der Waals surface area contributed by atoms with Crippen LogP contribution in [0, 0.1) is 5.92 Å². The first-order valence-electron chi connectivity index (χ1n) is 7.16. The maximum absolute atomic E-state index is 10.2. The minimum Gasteiger partial charge on any atom is -0.388 e. The number of benzene rings is 2. The molecule has 1 heteroatoms. The average Bonchev–Trinajstić information content (AvgIpc) is 2.44. The molecule has 2 aromatic rings. The Bertz CT molecular complexity index is 511. The van der Waals surface area contributed by atoms with E-state index in [0.29, 0.717) is 0 Å². The predicted molar refractivity (Wildman–Crippen MR) is 78.8 cm³/mol. The zero-order valence-corrected chi connectivity index (χ0v) is 11.1. The smallest absolute Gasteiger partial charge is 0.0792 e. The van der Waals surface area contributed by atoms with Crippen molar-refractivity contribution in [3.8, 4) is 11.1 Å². The van der Waals surface area contributed by atoms with Crippen molar-refractivity contribution in [3.05, 3.63) is 60.2 Å². The van der Waals surface area contributed by atoms with Crippen molar-refractivity contribution in [2.24, 2.45) is 5.92 Å². The number of aliphatic hydroxyl groups excluding tert-OH is 1. The first-order chi connectivity index (χ1) is 9.33. The van der Waals surface area contributed by atoms with Crippen LogP contribution in [0.25, 0.3) is 11.1 Å². The summed E-state index contributed by atoms with van der Waals surface area (Å²) in [5.74, 6) is 0.740. The van der Waals surface area contributed by atoms with Gasteiger partial charge in [-0.25, -0.2) is 0 Å². The summed E-state index contributed by atoms with van der Waals surface area (Å²) in [6.07, 6.45) is 4.54. The third kappa shape index (κ3) is 2.87. The van der Waals surface area contributed by atoms with Crippen LogP contribution in [0.4, 0.5) is 0 Å². The van der Waals surface area contributed by atoms with E-state index in [4.69, 9.17) is 0 Å². The van der Waals surface area contributed by atoms with E-state index >= 15 is 0 Å². The molecule has 0 saturated heterocycles. The lowest BCUT2D eigenvalue weighted by molar-refractivity contribution is 0.118. The number of hydrogen-bond donors (Lipinski definition) is 1. The Hall–Kier alpha value is -1.60. The van der Waals surface area contributed by atoms with Gasteiger partial charge in [0.2, 0.25) is 0 Å². The third-order valence-corrected chi connectivity index (χ3v) is 4.18. The van der Waals surface area contributed by atoms with Gasteiger partial charge in [0.1, 0.15) is 0 Å². The molecule has 3 rings (SSSR count). The van der Waals surface area contributed by atoms with Crippen LogP contribution in [0.3, 0.4) is 0 Å². The highest BCUT2D eigenvalue weighted by Crippen LogP contribution is 2.35. The van der Waals surface area contributed by atoms with Gasteiger partial charge in [0, 0.05) is 0 Å². The number of hydrogen-bond acceptors (Lipinski definition) is 1. The molecule has 1 fully saturated rings. The van der Waals surface area contributed by atoms with Gasteiger partial charge in [-0.3, -0.25) is 0 Å². The van der Waals surface area contributed by atoms with Crippen LogP contribution in [-0.4, -0.2) is 5.11 Å². The van der Waals surface area contributed by atoms with Gasteiger partial charge in [-0.1, -0.05) is 73.9 Å². The minimum absolute atomic E-state index is 0.296. The van der Waals surface area contributed by atoms with E-state index in [9.17, 15) is 5.11 Å². The van der Waals surface area contributed by atoms with Gasteiger partial charge in [-0.05, 0) is 29.0 Å². The molecule has 1 unspecified atom stereocenters. The van der Waals surface area contributed by atoms with Gasteiger partial charge in [0.15, 0.2) is 0 Å². The molecule has 0 radical (unpaired) electrons. The third-order valence-electron chi connectivity index (χ3n) is 4.18. The van der Waals surface area contributed by atoms with E-state index in [1.165, 1.54) is 30.4 Å². The van der Waals surface area contributed by atoms with Gasteiger partial charge in [0.05, 0.1) is 6.10 Å². The highest BCUT2D eigenvalue weighted by atomic mass is 16.3. The molecule has 0 spiro atoms. The Labute approximate surface area is 114 Å². The van der Waals surface area contributed by atoms with E-state index in [0.717, 1.165) is 17.9 Å². The maximum atomic E-state index is 10.2. The summed E-state index contributed by atoms with van der Waals surface area (Å²) in [4.78, 5) is 0. The second-order valence-corrected chi connectivity index (χ2v) is 5.54. The van der Waals surface area contributed by atoms with Crippen LogP contribution in [0.15, 0.2) is 54.6 Å². The Morgan fingerprint density at radius 2 is 1.53 bits per heavy atom. The second kappa shape index (κ2) is 5.58. The highest BCUT2D eigenvalue weighted by molar-refractivity contribution is 5.63. The largest absolute Gasteiger partial charge is 0.388 e. The van der Waals surface area contributed by atoms with E-state index < -0.39 is 0 Å². The summed E-state index contributed by atoms with van der Waals surface area (Å²) >= 11 is 0. The molecule has 0 aromatic heterocycles. The molecule has 2 aromatic carbocycles. The van der Waals surface area contributed by atoms with Crippen LogP contribution < -0.4 is 0 Å². The maximum Gasteiger partial charge on any atom is 0.0792 e. The standard InChI is InChI=1S/C18H20O/c19-18(13-14-5-4-6-14)17-11-9-16(10-12-17)15-7-2-1-3-8-15/h1-3,7-12,14,18-19H,4-6,13H2. The van der Waals surface area contributed by atoms with Crippen molar-refractivity contribution < 1.29 is 5.11 Å². The molecule has 0 amide bonds. The summed E-state index contributed by atoms with van der Waals surface area (Å²) in [7, 11) is 0. The Morgan fingerprint density at radius 1 is 0.895 bits per heavy atom. The van der Waals surface area contributed by atoms with Crippen molar-refractivity contribution in [1.82, 2.24) is 0 Å². The summed E-state index contributed by atoms with van der Waals surface area (Å²) in [5.41, 5.74) is 3.48. The molecule has 1 aliphatic carbocycles. The zero-order valence-electron chi connectivity index (χ0n) is 11.1. The van der Waals surface area contributed by atoms with E-state index in [-0.39, 0.29) is 6.10 Å².